The van der Waals surface area contributed by atoms with Crippen LogP contribution in [0.5, 0.6) is 5.75 Å². The first kappa shape index (κ1) is 28.0. The van der Waals surface area contributed by atoms with Crippen molar-refractivity contribution in [3.8, 4) is 5.75 Å². The van der Waals surface area contributed by atoms with Crippen LogP contribution in [-0.4, -0.2) is 88.1 Å². The Labute approximate surface area is 234 Å². The van der Waals surface area contributed by atoms with Gasteiger partial charge in [0.1, 0.15) is 5.75 Å². The van der Waals surface area contributed by atoms with Gasteiger partial charge in [-0.05, 0) is 55.7 Å². The van der Waals surface area contributed by atoms with Gasteiger partial charge < -0.3 is 9.47 Å². The lowest BCUT2D eigenvalue weighted by Gasteiger charge is -2.27. The van der Waals surface area contributed by atoms with Crippen LogP contribution in [0, 0.1) is 0 Å². The smallest absolute Gasteiger partial charge is 0.260 e. The average molecular weight is 573 g/mol. The summed E-state index contributed by atoms with van der Waals surface area (Å²) in [5.41, 5.74) is 1.22. The van der Waals surface area contributed by atoms with Crippen LogP contribution in [0.15, 0.2) is 47.4 Å². The zero-order valence-electron chi connectivity index (χ0n) is 22.4. The minimum absolute atomic E-state index is 0.193. The number of sulfonamides is 1. The number of methoxy groups -OCH3 is 1. The number of amides is 1. The Morgan fingerprint density at radius 3 is 2.44 bits per heavy atom. The molecule has 2 aliphatic heterocycles. The predicted octanol–water partition coefficient (Wildman–Crippen LogP) is 4.24. The largest absolute Gasteiger partial charge is 0.497 e. The maximum Gasteiger partial charge on any atom is 0.260 e. The van der Waals surface area contributed by atoms with Crippen LogP contribution in [0.3, 0.4) is 0 Å². The number of thiazole rings is 1. The summed E-state index contributed by atoms with van der Waals surface area (Å²) in [4.78, 5) is 22.9. The van der Waals surface area contributed by atoms with Gasteiger partial charge in [0.2, 0.25) is 10.0 Å². The fourth-order valence-electron chi connectivity index (χ4n) is 5.06. The summed E-state index contributed by atoms with van der Waals surface area (Å²) < 4.78 is 39.8. The molecule has 2 fully saturated rings. The highest BCUT2D eigenvalue weighted by Gasteiger charge is 2.27. The van der Waals surface area contributed by atoms with E-state index in [1.165, 1.54) is 11.3 Å². The molecular weight excluding hydrogens is 536 g/mol. The Morgan fingerprint density at radius 1 is 1.03 bits per heavy atom. The van der Waals surface area contributed by atoms with E-state index in [1.54, 1.807) is 40.6 Å². The number of hydrogen-bond donors (Lipinski definition) is 0. The van der Waals surface area contributed by atoms with E-state index in [0.717, 1.165) is 75.2 Å². The first-order valence-corrected chi connectivity index (χ1v) is 15.9. The summed E-state index contributed by atoms with van der Waals surface area (Å²) in [6.45, 7) is 5.69. The summed E-state index contributed by atoms with van der Waals surface area (Å²) in [5, 5.41) is 0.617. The van der Waals surface area contributed by atoms with Crippen LogP contribution in [-0.2, 0) is 14.8 Å². The Kier molecular flexibility index (Phi) is 9.13. The number of hydrogen-bond acceptors (Lipinski definition) is 8. The second-order valence-corrected chi connectivity index (χ2v) is 12.9. The van der Waals surface area contributed by atoms with E-state index in [9.17, 15) is 13.2 Å². The van der Waals surface area contributed by atoms with E-state index in [1.807, 2.05) is 18.2 Å². The number of aromatic nitrogens is 1. The van der Waals surface area contributed by atoms with Crippen molar-refractivity contribution in [1.82, 2.24) is 14.2 Å². The normalized spacial score (nSPS) is 17.7. The Balaban J connectivity index is 1.37. The van der Waals surface area contributed by atoms with E-state index < -0.39 is 10.0 Å². The van der Waals surface area contributed by atoms with Crippen molar-refractivity contribution >= 4 is 42.6 Å². The molecule has 1 aromatic heterocycles. The topological polar surface area (TPSA) is 92.3 Å². The van der Waals surface area contributed by atoms with Crippen molar-refractivity contribution < 1.29 is 22.7 Å². The molecule has 0 aliphatic carbocycles. The van der Waals surface area contributed by atoms with Gasteiger partial charge in [-0.25, -0.2) is 13.4 Å². The number of carbonyl (C=O) groups excluding carboxylic acids is 1. The third kappa shape index (κ3) is 6.60. The molecule has 0 saturated carbocycles. The summed E-state index contributed by atoms with van der Waals surface area (Å²) in [6.07, 6.45) is 4.65. The highest BCUT2D eigenvalue weighted by atomic mass is 32.2. The zero-order valence-corrected chi connectivity index (χ0v) is 24.0. The van der Waals surface area contributed by atoms with Gasteiger partial charge in [-0.2, -0.15) is 4.31 Å². The monoisotopic (exact) mass is 572 g/mol. The second kappa shape index (κ2) is 12.7. The third-order valence-electron chi connectivity index (χ3n) is 7.32. The zero-order chi connectivity index (χ0) is 27.2. The van der Waals surface area contributed by atoms with Crippen molar-refractivity contribution in [1.29, 1.82) is 0 Å². The van der Waals surface area contributed by atoms with Crippen LogP contribution in [0.2, 0.25) is 0 Å². The molecule has 0 spiro atoms. The minimum atomic E-state index is -3.58. The molecule has 5 rings (SSSR count). The molecule has 2 saturated heterocycles. The molecule has 3 aromatic rings. The van der Waals surface area contributed by atoms with Crippen LogP contribution in [0.1, 0.15) is 42.5 Å². The van der Waals surface area contributed by atoms with E-state index in [2.05, 4.69) is 4.90 Å². The van der Waals surface area contributed by atoms with Crippen molar-refractivity contribution in [2.24, 2.45) is 0 Å². The molecular formula is C28H36N4O5S2. The number of carbonyl (C=O) groups is 1. The van der Waals surface area contributed by atoms with Gasteiger partial charge in [-0.1, -0.05) is 24.2 Å². The summed E-state index contributed by atoms with van der Waals surface area (Å²) >= 11 is 1.46. The number of benzene rings is 2. The molecule has 0 N–H and O–H groups in total. The molecule has 1 amide bonds. The van der Waals surface area contributed by atoms with Gasteiger partial charge in [-0.3, -0.25) is 14.6 Å². The van der Waals surface area contributed by atoms with Gasteiger partial charge in [0.25, 0.3) is 5.91 Å². The van der Waals surface area contributed by atoms with Gasteiger partial charge in [0, 0.05) is 50.9 Å². The number of anilines is 1. The number of ether oxygens (including phenoxy) is 2. The fourth-order valence-corrected chi connectivity index (χ4v) is 7.54. The fraction of sp³-hybridized carbons (Fsp3) is 0.500. The number of rotatable bonds is 9. The lowest BCUT2D eigenvalue weighted by molar-refractivity contribution is 0.0376. The molecule has 11 heteroatoms. The molecule has 2 aliphatic rings. The highest BCUT2D eigenvalue weighted by molar-refractivity contribution is 7.89. The van der Waals surface area contributed by atoms with Crippen LogP contribution >= 0.6 is 11.3 Å². The van der Waals surface area contributed by atoms with E-state index in [-0.39, 0.29) is 10.8 Å². The lowest BCUT2D eigenvalue weighted by atomic mass is 10.2. The van der Waals surface area contributed by atoms with Crippen molar-refractivity contribution in [3.05, 3.63) is 48.0 Å². The molecule has 210 valence electrons. The number of morpholine rings is 1. The number of nitrogens with zero attached hydrogens (tertiary/aromatic N) is 4. The van der Waals surface area contributed by atoms with Crippen molar-refractivity contribution in [2.75, 3.05) is 64.5 Å². The third-order valence-corrected chi connectivity index (χ3v) is 10.3. The van der Waals surface area contributed by atoms with Gasteiger partial charge >= 0.3 is 0 Å². The molecule has 0 bridgehead atoms. The van der Waals surface area contributed by atoms with Gasteiger partial charge in [-0.15, -0.1) is 0 Å². The lowest BCUT2D eigenvalue weighted by Crippen LogP contribution is -2.39. The van der Waals surface area contributed by atoms with E-state index in [4.69, 9.17) is 14.5 Å². The maximum atomic E-state index is 13.8. The molecule has 0 unspecified atom stereocenters. The molecule has 2 aromatic carbocycles. The van der Waals surface area contributed by atoms with Crippen molar-refractivity contribution in [3.63, 3.8) is 0 Å². The molecule has 0 radical (unpaired) electrons. The summed E-state index contributed by atoms with van der Waals surface area (Å²) in [7, 11) is -1.96. The highest BCUT2D eigenvalue weighted by Crippen LogP contribution is 2.32. The molecule has 3 heterocycles. The van der Waals surface area contributed by atoms with E-state index >= 15 is 0 Å². The first-order chi connectivity index (χ1) is 19.0. The Hall–Kier alpha value is -2.57. The predicted molar refractivity (Wildman–Crippen MR) is 153 cm³/mol. The number of fused-ring (bicyclic) bond motifs is 1. The SMILES string of the molecule is COc1ccc2sc(N(CCCN3CCOCC3)C(=O)c3ccc(S(=O)(=O)N4CCCCCC4)cc3)nc2c1. The van der Waals surface area contributed by atoms with E-state index in [0.29, 0.717) is 36.1 Å². The summed E-state index contributed by atoms with van der Waals surface area (Å²) in [5.74, 6) is 0.521. The molecule has 0 atom stereocenters. The van der Waals surface area contributed by atoms with Crippen LogP contribution in [0.25, 0.3) is 10.2 Å². The minimum Gasteiger partial charge on any atom is -0.497 e. The second-order valence-electron chi connectivity index (χ2n) is 9.94. The van der Waals surface area contributed by atoms with Gasteiger partial charge in [0.15, 0.2) is 5.13 Å². The maximum absolute atomic E-state index is 13.8. The molecule has 39 heavy (non-hydrogen) atoms. The van der Waals surface area contributed by atoms with Gasteiger partial charge in [0.05, 0.1) is 35.4 Å². The van der Waals surface area contributed by atoms with Crippen LogP contribution < -0.4 is 9.64 Å². The summed E-state index contributed by atoms with van der Waals surface area (Å²) in [6, 6.07) is 12.1. The average Bonchev–Trinajstić information content (AvgIpc) is 3.18. The standard InChI is InChI=1S/C28H36N4O5S2/c1-36-23-9-12-26-25(21-23)29-28(38-26)32(16-6-13-30-17-19-37-20-18-30)27(33)22-7-10-24(11-8-22)39(34,35)31-14-4-2-3-5-15-31/h7-12,21H,2-6,13-20H2,1H3. The first-order valence-electron chi connectivity index (χ1n) is 13.6. The Morgan fingerprint density at radius 2 is 1.74 bits per heavy atom. The van der Waals surface area contributed by atoms with Crippen molar-refractivity contribution in [2.45, 2.75) is 37.0 Å². The molecule has 9 nitrogen and oxygen atoms in total. The van der Waals surface area contributed by atoms with Crippen LogP contribution in [0.4, 0.5) is 5.13 Å². The quantitative estimate of drug-likeness (QED) is 0.379. The Bertz CT molecular complexity index is 1360.